The Balaban J connectivity index is 1.54. The molecular formula is C21H31N4O2S+. The van der Waals surface area contributed by atoms with Gasteiger partial charge in [-0.05, 0) is 63.5 Å². The summed E-state index contributed by atoms with van der Waals surface area (Å²) in [5.74, 6) is 3.52. The third-order valence-electron chi connectivity index (χ3n) is 5.64. The SMILES string of the molecule is CCOc1cc2c(cc1OCC)C[NH+](Cn1nc(C3CC3)n(CC)c1=S)CC2. The van der Waals surface area contributed by atoms with Crippen molar-refractivity contribution < 1.29 is 14.4 Å². The van der Waals surface area contributed by atoms with Crippen molar-refractivity contribution in [2.24, 2.45) is 0 Å². The summed E-state index contributed by atoms with van der Waals surface area (Å²) in [4.78, 5) is 1.48. The average molecular weight is 404 g/mol. The van der Waals surface area contributed by atoms with E-state index >= 15 is 0 Å². The molecule has 1 fully saturated rings. The van der Waals surface area contributed by atoms with Crippen LogP contribution < -0.4 is 14.4 Å². The molecule has 2 aromatic rings. The van der Waals surface area contributed by atoms with E-state index in [1.54, 1.807) is 0 Å². The van der Waals surface area contributed by atoms with Crippen LogP contribution in [0.4, 0.5) is 0 Å². The highest BCUT2D eigenvalue weighted by atomic mass is 32.1. The lowest BCUT2D eigenvalue weighted by Crippen LogP contribution is -3.11. The first-order valence-corrected chi connectivity index (χ1v) is 11.0. The summed E-state index contributed by atoms with van der Waals surface area (Å²) in [6, 6.07) is 4.34. The van der Waals surface area contributed by atoms with Gasteiger partial charge in [-0.2, -0.15) is 9.78 Å². The molecule has 4 rings (SSSR count). The van der Waals surface area contributed by atoms with E-state index in [0.717, 1.165) is 49.0 Å². The second-order valence-corrected chi connectivity index (χ2v) is 8.04. The summed E-state index contributed by atoms with van der Waals surface area (Å²) in [5, 5.41) is 4.89. The van der Waals surface area contributed by atoms with Gasteiger partial charge in [-0.25, -0.2) is 0 Å². The molecule has 1 saturated carbocycles. The predicted molar refractivity (Wildman–Crippen MR) is 111 cm³/mol. The van der Waals surface area contributed by atoms with Crippen molar-refractivity contribution in [1.29, 1.82) is 0 Å². The van der Waals surface area contributed by atoms with Crippen LogP contribution in [-0.4, -0.2) is 34.1 Å². The van der Waals surface area contributed by atoms with E-state index < -0.39 is 0 Å². The van der Waals surface area contributed by atoms with Crippen molar-refractivity contribution in [3.8, 4) is 11.5 Å². The fourth-order valence-corrected chi connectivity index (χ4v) is 4.42. The highest BCUT2D eigenvalue weighted by Crippen LogP contribution is 2.39. The molecule has 0 amide bonds. The molecule has 7 heteroatoms. The van der Waals surface area contributed by atoms with Crippen LogP contribution in [0.1, 0.15) is 56.5 Å². The average Bonchev–Trinajstić information content (AvgIpc) is 3.48. The van der Waals surface area contributed by atoms with E-state index in [0.29, 0.717) is 19.1 Å². The molecule has 1 unspecified atom stereocenters. The van der Waals surface area contributed by atoms with E-state index in [1.807, 2.05) is 18.5 Å². The first-order chi connectivity index (χ1) is 13.6. The monoisotopic (exact) mass is 403 g/mol. The molecular weight excluding hydrogens is 372 g/mol. The summed E-state index contributed by atoms with van der Waals surface area (Å²) in [5.41, 5.74) is 2.72. The standard InChI is InChI=1S/C21H30N4O2S/c1-4-24-20(15-7-8-15)22-25(21(24)28)14-23-10-9-16-11-18(26-5-2)19(27-6-3)12-17(16)13-23/h11-12,15H,4-10,13-14H2,1-3H3/p+1. The van der Waals surface area contributed by atoms with E-state index in [-0.39, 0.29) is 0 Å². The van der Waals surface area contributed by atoms with Crippen molar-refractivity contribution in [2.45, 2.75) is 65.7 Å². The van der Waals surface area contributed by atoms with Crippen LogP contribution in [0.3, 0.4) is 0 Å². The van der Waals surface area contributed by atoms with Crippen molar-refractivity contribution in [3.63, 3.8) is 0 Å². The molecule has 1 aliphatic carbocycles. The number of nitrogens with one attached hydrogen (secondary N) is 1. The highest BCUT2D eigenvalue weighted by Gasteiger charge is 2.30. The van der Waals surface area contributed by atoms with Gasteiger partial charge in [-0.1, -0.05) is 0 Å². The van der Waals surface area contributed by atoms with Crippen LogP contribution >= 0.6 is 12.2 Å². The van der Waals surface area contributed by atoms with Gasteiger partial charge in [0.1, 0.15) is 12.4 Å². The quantitative estimate of drug-likeness (QED) is 0.689. The predicted octanol–water partition coefficient (Wildman–Crippen LogP) is 2.71. The topological polar surface area (TPSA) is 45.6 Å². The molecule has 0 saturated heterocycles. The molecule has 0 bridgehead atoms. The van der Waals surface area contributed by atoms with Crippen LogP contribution in [0.15, 0.2) is 12.1 Å². The smallest absolute Gasteiger partial charge is 0.202 e. The zero-order valence-electron chi connectivity index (χ0n) is 17.2. The maximum Gasteiger partial charge on any atom is 0.202 e. The number of benzene rings is 1. The number of hydrogen-bond donors (Lipinski definition) is 1. The summed E-state index contributed by atoms with van der Waals surface area (Å²) in [6.07, 6.45) is 3.53. The Morgan fingerprint density at radius 2 is 1.79 bits per heavy atom. The van der Waals surface area contributed by atoms with Crippen LogP contribution in [0, 0.1) is 4.77 Å². The van der Waals surface area contributed by atoms with Crippen LogP contribution in [0.25, 0.3) is 0 Å². The molecule has 1 aromatic carbocycles. The zero-order chi connectivity index (χ0) is 19.7. The second-order valence-electron chi connectivity index (χ2n) is 7.68. The van der Waals surface area contributed by atoms with Gasteiger partial charge in [0.05, 0.1) is 19.8 Å². The second kappa shape index (κ2) is 8.25. The number of aromatic nitrogens is 3. The van der Waals surface area contributed by atoms with E-state index in [2.05, 4.69) is 23.6 Å². The van der Waals surface area contributed by atoms with Gasteiger partial charge in [0, 0.05) is 24.4 Å². The minimum Gasteiger partial charge on any atom is -0.490 e. The molecule has 28 heavy (non-hydrogen) atoms. The summed E-state index contributed by atoms with van der Waals surface area (Å²) in [7, 11) is 0. The Kier molecular flexibility index (Phi) is 5.73. The molecule has 1 aliphatic heterocycles. The van der Waals surface area contributed by atoms with Gasteiger partial charge in [0.25, 0.3) is 0 Å². The van der Waals surface area contributed by atoms with Gasteiger partial charge in [-0.15, -0.1) is 0 Å². The Morgan fingerprint density at radius 3 is 2.39 bits per heavy atom. The number of quaternary nitrogens is 1. The minimum atomic E-state index is 0.616. The maximum atomic E-state index is 5.82. The highest BCUT2D eigenvalue weighted by molar-refractivity contribution is 7.71. The number of hydrogen-bond acceptors (Lipinski definition) is 4. The van der Waals surface area contributed by atoms with Crippen LogP contribution in [-0.2, 0) is 26.2 Å². The lowest BCUT2D eigenvalue weighted by atomic mass is 9.99. The van der Waals surface area contributed by atoms with Gasteiger partial charge in [0.15, 0.2) is 18.2 Å². The van der Waals surface area contributed by atoms with E-state index in [9.17, 15) is 0 Å². The van der Waals surface area contributed by atoms with E-state index in [4.69, 9.17) is 26.8 Å². The summed E-state index contributed by atoms with van der Waals surface area (Å²) < 4.78 is 16.7. The molecule has 0 radical (unpaired) electrons. The Hall–Kier alpha value is -1.86. The number of ether oxygens (including phenoxy) is 2. The fourth-order valence-electron chi connectivity index (χ4n) is 4.10. The lowest BCUT2D eigenvalue weighted by Gasteiger charge is -2.26. The first-order valence-electron chi connectivity index (χ1n) is 10.6. The first kappa shape index (κ1) is 19.5. The molecule has 1 atom stereocenters. The van der Waals surface area contributed by atoms with Crippen molar-refractivity contribution in [3.05, 3.63) is 33.9 Å². The largest absolute Gasteiger partial charge is 0.490 e. The fraction of sp³-hybridized carbons (Fsp3) is 0.619. The molecule has 2 heterocycles. The Morgan fingerprint density at radius 1 is 1.11 bits per heavy atom. The molecule has 6 nitrogen and oxygen atoms in total. The molecule has 152 valence electrons. The normalized spacial score (nSPS) is 18.8. The lowest BCUT2D eigenvalue weighted by molar-refractivity contribution is -0.939. The maximum absolute atomic E-state index is 5.82. The summed E-state index contributed by atoms with van der Waals surface area (Å²) >= 11 is 5.72. The summed E-state index contributed by atoms with van der Waals surface area (Å²) in [6.45, 7) is 11.2. The van der Waals surface area contributed by atoms with Crippen molar-refractivity contribution in [1.82, 2.24) is 14.3 Å². The third-order valence-corrected chi connectivity index (χ3v) is 6.07. The number of rotatable bonds is 8. The van der Waals surface area contributed by atoms with Crippen molar-refractivity contribution in [2.75, 3.05) is 19.8 Å². The van der Waals surface area contributed by atoms with E-state index in [1.165, 1.54) is 34.7 Å². The van der Waals surface area contributed by atoms with Gasteiger partial charge in [-0.3, -0.25) is 0 Å². The van der Waals surface area contributed by atoms with Crippen LogP contribution in [0.5, 0.6) is 11.5 Å². The third kappa shape index (κ3) is 3.82. The molecule has 2 aliphatic rings. The molecule has 1 aromatic heterocycles. The number of nitrogens with zero attached hydrogens (tertiary/aromatic N) is 3. The number of fused-ring (bicyclic) bond motifs is 1. The zero-order valence-corrected chi connectivity index (χ0v) is 18.0. The Bertz CT molecular complexity index is 901. The minimum absolute atomic E-state index is 0.616. The van der Waals surface area contributed by atoms with Gasteiger partial charge >= 0.3 is 0 Å². The van der Waals surface area contributed by atoms with Gasteiger partial charge in [0.2, 0.25) is 4.77 Å². The Labute approximate surface area is 172 Å². The molecule has 1 N–H and O–H groups in total. The van der Waals surface area contributed by atoms with Gasteiger partial charge < -0.3 is 18.9 Å². The molecule has 0 spiro atoms. The van der Waals surface area contributed by atoms with Crippen LogP contribution in [0.2, 0.25) is 0 Å². The van der Waals surface area contributed by atoms with Crippen molar-refractivity contribution >= 4 is 12.2 Å².